The number of hydrogen-bond donors (Lipinski definition) is 2. The van der Waals surface area contributed by atoms with Crippen LogP contribution < -0.4 is 0 Å². The summed E-state index contributed by atoms with van der Waals surface area (Å²) < 4.78 is 13.1. The van der Waals surface area contributed by atoms with Crippen LogP contribution in [0.5, 0.6) is 5.88 Å². The van der Waals surface area contributed by atoms with Gasteiger partial charge in [-0.2, -0.15) is 0 Å². The molecule has 1 aromatic heterocycles. The van der Waals surface area contributed by atoms with Crippen molar-refractivity contribution in [3.05, 3.63) is 59.4 Å². The van der Waals surface area contributed by atoms with Gasteiger partial charge in [-0.1, -0.05) is 18.2 Å². The van der Waals surface area contributed by atoms with Crippen molar-refractivity contribution in [3.8, 4) is 5.88 Å². The first kappa shape index (κ1) is 12.4. The number of aromatic amines is 1. The Hall–Kier alpha value is -2.62. The minimum atomic E-state index is -0.335. The molecule has 0 atom stereocenters. The topological polar surface area (TPSA) is 48.4 Å². The van der Waals surface area contributed by atoms with Crippen LogP contribution in [0.1, 0.15) is 11.1 Å². The smallest absolute Gasteiger partial charge is 0.198 e. The maximum atomic E-state index is 13.1. The molecule has 0 aliphatic heterocycles. The van der Waals surface area contributed by atoms with Crippen molar-refractivity contribution in [3.63, 3.8) is 0 Å². The van der Waals surface area contributed by atoms with Crippen molar-refractivity contribution in [2.75, 3.05) is 0 Å². The molecule has 0 amide bonds. The quantitative estimate of drug-likeness (QED) is 0.676. The van der Waals surface area contributed by atoms with Crippen molar-refractivity contribution < 1.29 is 9.50 Å². The van der Waals surface area contributed by atoms with Crippen LogP contribution in [0.25, 0.3) is 10.9 Å². The minimum Gasteiger partial charge on any atom is -0.494 e. The molecule has 4 heteroatoms. The van der Waals surface area contributed by atoms with Gasteiger partial charge in [-0.05, 0) is 36.8 Å². The molecule has 3 aromatic rings. The van der Waals surface area contributed by atoms with E-state index < -0.39 is 0 Å². The van der Waals surface area contributed by atoms with E-state index in [0.29, 0.717) is 11.3 Å². The van der Waals surface area contributed by atoms with Crippen LogP contribution >= 0.6 is 0 Å². The Balaban J connectivity index is 2.04. The molecule has 0 saturated carbocycles. The Kier molecular flexibility index (Phi) is 2.99. The zero-order valence-electron chi connectivity index (χ0n) is 10.9. The molecule has 1 heterocycles. The van der Waals surface area contributed by atoms with Crippen molar-refractivity contribution >= 4 is 22.8 Å². The first-order chi connectivity index (χ1) is 9.63. The van der Waals surface area contributed by atoms with Crippen LogP contribution in [0.15, 0.2) is 47.5 Å². The van der Waals surface area contributed by atoms with Crippen LogP contribution in [0, 0.1) is 12.7 Å². The number of nitrogens with zero attached hydrogens (tertiary/aromatic N) is 1. The summed E-state index contributed by atoms with van der Waals surface area (Å²) in [5, 5.41) is 10.8. The molecule has 2 aromatic carbocycles. The molecule has 0 aliphatic carbocycles. The molecule has 2 N–H and O–H groups in total. The van der Waals surface area contributed by atoms with Gasteiger partial charge in [0.15, 0.2) is 5.88 Å². The normalized spacial score (nSPS) is 11.5. The van der Waals surface area contributed by atoms with Gasteiger partial charge in [0.2, 0.25) is 0 Å². The number of H-pyrrole nitrogens is 1. The van der Waals surface area contributed by atoms with Gasteiger partial charge < -0.3 is 10.1 Å². The van der Waals surface area contributed by atoms with E-state index in [0.717, 1.165) is 16.5 Å². The van der Waals surface area contributed by atoms with Crippen molar-refractivity contribution in [1.82, 2.24) is 4.98 Å². The molecule has 20 heavy (non-hydrogen) atoms. The van der Waals surface area contributed by atoms with E-state index in [2.05, 4.69) is 9.98 Å². The molecule has 0 bridgehead atoms. The van der Waals surface area contributed by atoms with Crippen LogP contribution in [0.2, 0.25) is 0 Å². The van der Waals surface area contributed by atoms with E-state index in [1.807, 2.05) is 25.1 Å². The van der Waals surface area contributed by atoms with Gasteiger partial charge in [0.25, 0.3) is 0 Å². The second-order valence-electron chi connectivity index (χ2n) is 4.67. The third-order valence-corrected chi connectivity index (χ3v) is 3.12. The van der Waals surface area contributed by atoms with E-state index in [4.69, 9.17) is 0 Å². The zero-order valence-corrected chi connectivity index (χ0v) is 10.9. The fourth-order valence-corrected chi connectivity index (χ4v) is 2.15. The molecule has 0 spiro atoms. The molecule has 0 radical (unpaired) electrons. The predicted molar refractivity (Wildman–Crippen MR) is 78.4 cm³/mol. The van der Waals surface area contributed by atoms with Gasteiger partial charge in [-0.25, -0.2) is 4.39 Å². The van der Waals surface area contributed by atoms with Gasteiger partial charge in [0.1, 0.15) is 5.82 Å². The van der Waals surface area contributed by atoms with Crippen LogP contribution in [0.4, 0.5) is 10.1 Å². The summed E-state index contributed by atoms with van der Waals surface area (Å²) >= 11 is 0. The summed E-state index contributed by atoms with van der Waals surface area (Å²) in [5.41, 5.74) is 3.06. The highest BCUT2D eigenvalue weighted by Gasteiger charge is 2.08. The average Bonchev–Trinajstić information content (AvgIpc) is 2.71. The SMILES string of the molecule is Cc1ccc2c(C=Nc3cccc(F)c3)c(O)[nH]c2c1. The third kappa shape index (κ3) is 2.28. The molecule has 3 rings (SSSR count). The molecule has 0 unspecified atom stereocenters. The Bertz CT molecular complexity index is 805. The number of halogens is 1. The number of fused-ring (bicyclic) bond motifs is 1. The van der Waals surface area contributed by atoms with E-state index in [1.54, 1.807) is 12.1 Å². The summed E-state index contributed by atoms with van der Waals surface area (Å²) in [6, 6.07) is 11.9. The van der Waals surface area contributed by atoms with Crippen molar-refractivity contribution in [2.24, 2.45) is 4.99 Å². The predicted octanol–water partition coefficient (Wildman–Crippen LogP) is 4.07. The minimum absolute atomic E-state index is 0.0609. The van der Waals surface area contributed by atoms with Gasteiger partial charge in [0, 0.05) is 17.1 Å². The number of aryl methyl sites for hydroxylation is 1. The largest absolute Gasteiger partial charge is 0.494 e. The molecule has 100 valence electrons. The van der Waals surface area contributed by atoms with Crippen LogP contribution in [-0.4, -0.2) is 16.3 Å². The standard InChI is InChI=1S/C16H13FN2O/c1-10-5-6-13-14(16(20)19-15(13)7-10)9-18-12-4-2-3-11(17)8-12/h2-9,19-20H,1H3. The Labute approximate surface area is 115 Å². The van der Waals surface area contributed by atoms with Gasteiger partial charge in [-0.3, -0.25) is 4.99 Å². The lowest BCUT2D eigenvalue weighted by atomic mass is 10.1. The monoisotopic (exact) mass is 268 g/mol. The number of aromatic nitrogens is 1. The number of rotatable bonds is 2. The fourth-order valence-electron chi connectivity index (χ4n) is 2.15. The zero-order chi connectivity index (χ0) is 14.1. The summed E-state index contributed by atoms with van der Waals surface area (Å²) in [4.78, 5) is 7.10. The van der Waals surface area contributed by atoms with Crippen LogP contribution in [0.3, 0.4) is 0 Å². The highest BCUT2D eigenvalue weighted by Crippen LogP contribution is 2.27. The van der Waals surface area contributed by atoms with E-state index >= 15 is 0 Å². The van der Waals surface area contributed by atoms with Crippen molar-refractivity contribution in [1.29, 1.82) is 0 Å². The highest BCUT2D eigenvalue weighted by molar-refractivity contribution is 6.02. The van der Waals surface area contributed by atoms with Crippen molar-refractivity contribution in [2.45, 2.75) is 6.92 Å². The summed E-state index contributed by atoms with van der Waals surface area (Å²) in [6.45, 7) is 1.98. The highest BCUT2D eigenvalue weighted by atomic mass is 19.1. The molecule has 0 saturated heterocycles. The number of nitrogens with one attached hydrogen (secondary N) is 1. The second-order valence-corrected chi connectivity index (χ2v) is 4.67. The summed E-state index contributed by atoms with van der Waals surface area (Å²) in [5.74, 6) is -0.274. The maximum absolute atomic E-state index is 13.1. The average molecular weight is 268 g/mol. The lowest BCUT2D eigenvalue weighted by Gasteiger charge is -1.95. The van der Waals surface area contributed by atoms with Gasteiger partial charge in [-0.15, -0.1) is 0 Å². The number of aromatic hydroxyl groups is 1. The summed E-state index contributed by atoms with van der Waals surface area (Å²) in [7, 11) is 0. The molecular formula is C16H13FN2O. The lowest BCUT2D eigenvalue weighted by Crippen LogP contribution is -1.80. The first-order valence-electron chi connectivity index (χ1n) is 6.24. The van der Waals surface area contributed by atoms with E-state index in [-0.39, 0.29) is 11.7 Å². The second kappa shape index (κ2) is 4.81. The maximum Gasteiger partial charge on any atom is 0.198 e. The lowest BCUT2D eigenvalue weighted by molar-refractivity contribution is 0.457. The van der Waals surface area contributed by atoms with Crippen LogP contribution in [-0.2, 0) is 0 Å². The summed E-state index contributed by atoms with van der Waals surface area (Å²) in [6.07, 6.45) is 1.54. The Morgan fingerprint density at radius 2 is 2.05 bits per heavy atom. The first-order valence-corrected chi connectivity index (χ1v) is 6.24. The van der Waals surface area contributed by atoms with E-state index in [1.165, 1.54) is 18.3 Å². The number of benzene rings is 2. The molecule has 0 aliphatic rings. The number of aliphatic imine (C=N–C) groups is 1. The Morgan fingerprint density at radius 1 is 1.20 bits per heavy atom. The molecular weight excluding hydrogens is 255 g/mol. The third-order valence-electron chi connectivity index (χ3n) is 3.12. The van der Waals surface area contributed by atoms with E-state index in [9.17, 15) is 9.50 Å². The van der Waals surface area contributed by atoms with Gasteiger partial charge >= 0.3 is 0 Å². The van der Waals surface area contributed by atoms with Gasteiger partial charge in [0.05, 0.1) is 11.3 Å². The molecule has 3 nitrogen and oxygen atoms in total. The molecule has 0 fully saturated rings. The Morgan fingerprint density at radius 3 is 2.85 bits per heavy atom. The fraction of sp³-hybridized carbons (Fsp3) is 0.0625. The number of hydrogen-bond acceptors (Lipinski definition) is 2.